The van der Waals surface area contributed by atoms with Gasteiger partial charge >= 0.3 is 0 Å². The summed E-state index contributed by atoms with van der Waals surface area (Å²) in [5.41, 5.74) is 2.75. The summed E-state index contributed by atoms with van der Waals surface area (Å²) in [5.74, 6) is 0. The van der Waals surface area contributed by atoms with Crippen LogP contribution in [0.15, 0.2) is 18.2 Å². The minimum Gasteiger partial charge on any atom is -0.385 e. The van der Waals surface area contributed by atoms with Crippen molar-refractivity contribution in [2.75, 3.05) is 6.61 Å². The molecule has 1 fully saturated rings. The lowest BCUT2D eigenvalue weighted by atomic mass is 9.88. The molecule has 106 valence electrons. The predicted octanol–water partition coefficient (Wildman–Crippen LogP) is 3.86. The van der Waals surface area contributed by atoms with Gasteiger partial charge in [0, 0.05) is 6.61 Å². The van der Waals surface area contributed by atoms with Crippen LogP contribution in [0.5, 0.6) is 0 Å². The van der Waals surface area contributed by atoms with Crippen molar-refractivity contribution < 1.29 is 9.84 Å². The van der Waals surface area contributed by atoms with Gasteiger partial charge in [0.1, 0.15) is 0 Å². The summed E-state index contributed by atoms with van der Waals surface area (Å²) >= 11 is 0. The quantitative estimate of drug-likeness (QED) is 0.873. The molecule has 1 N–H and O–H groups in total. The van der Waals surface area contributed by atoms with Crippen molar-refractivity contribution >= 4 is 0 Å². The molecule has 2 atom stereocenters. The second-order valence-electron chi connectivity index (χ2n) is 6.18. The zero-order valence-electron chi connectivity index (χ0n) is 12.4. The lowest BCUT2D eigenvalue weighted by molar-refractivity contribution is 0.0371. The van der Waals surface area contributed by atoms with Crippen LogP contribution >= 0.6 is 0 Å². The molecule has 0 aromatic heterocycles. The number of benzene rings is 1. The molecule has 1 aliphatic rings. The molecular weight excluding hydrogens is 236 g/mol. The Kier molecular flexibility index (Phi) is 4.64. The van der Waals surface area contributed by atoms with Gasteiger partial charge in [0.15, 0.2) is 0 Å². The summed E-state index contributed by atoms with van der Waals surface area (Å²) < 4.78 is 5.63. The number of rotatable bonds is 5. The Labute approximate surface area is 116 Å². The maximum atomic E-state index is 10.7. The van der Waals surface area contributed by atoms with Crippen molar-refractivity contribution in [2.24, 2.45) is 0 Å². The Morgan fingerprint density at radius 1 is 1.26 bits per heavy atom. The third-order valence-corrected chi connectivity index (χ3v) is 4.06. The zero-order chi connectivity index (χ0) is 13.9. The van der Waals surface area contributed by atoms with Crippen LogP contribution in [0.2, 0.25) is 0 Å². The van der Waals surface area contributed by atoms with Crippen molar-refractivity contribution in [1.29, 1.82) is 0 Å². The maximum Gasteiger partial charge on any atom is 0.0868 e. The van der Waals surface area contributed by atoms with Crippen LogP contribution in [0.4, 0.5) is 0 Å². The molecule has 1 aliphatic heterocycles. The first-order valence-electron chi connectivity index (χ1n) is 7.40. The number of aliphatic hydroxyl groups is 1. The highest BCUT2D eigenvalue weighted by molar-refractivity contribution is 5.32. The van der Waals surface area contributed by atoms with E-state index in [0.29, 0.717) is 6.10 Å². The molecule has 2 nitrogen and oxygen atoms in total. The number of aryl methyl sites for hydroxylation is 2. The molecule has 2 rings (SSSR count). The Morgan fingerprint density at radius 3 is 2.53 bits per heavy atom. The van der Waals surface area contributed by atoms with E-state index in [1.807, 2.05) is 6.92 Å². The molecule has 0 amide bonds. The Morgan fingerprint density at radius 2 is 1.95 bits per heavy atom. The fraction of sp³-hybridized carbons (Fsp3) is 0.647. The van der Waals surface area contributed by atoms with E-state index in [0.717, 1.165) is 31.4 Å². The lowest BCUT2D eigenvalue weighted by Crippen LogP contribution is -2.22. The smallest absolute Gasteiger partial charge is 0.0868 e. The minimum atomic E-state index is -0.727. The lowest BCUT2D eigenvalue weighted by Gasteiger charge is -2.25. The van der Waals surface area contributed by atoms with E-state index in [2.05, 4.69) is 32.0 Å². The molecular formula is C17H26O2. The summed E-state index contributed by atoms with van der Waals surface area (Å²) in [4.78, 5) is 0. The highest BCUT2D eigenvalue weighted by atomic mass is 16.5. The molecule has 0 bridgehead atoms. The summed E-state index contributed by atoms with van der Waals surface area (Å²) in [6.45, 7) is 7.01. The molecule has 1 heterocycles. The van der Waals surface area contributed by atoms with Crippen molar-refractivity contribution in [3.8, 4) is 0 Å². The van der Waals surface area contributed by atoms with Gasteiger partial charge in [0.05, 0.1) is 11.7 Å². The Bertz CT molecular complexity index is 397. The van der Waals surface area contributed by atoms with Crippen LogP contribution in [-0.2, 0) is 10.3 Å². The van der Waals surface area contributed by atoms with Gasteiger partial charge in [-0.05, 0) is 58.4 Å². The largest absolute Gasteiger partial charge is 0.385 e. The standard InChI is InChI=1S/C17H26O2/c1-13-10-14(2)12-15(11-13)17(3,18)8-4-6-16-7-5-9-19-16/h10-12,16,18H,4-9H2,1-3H3. The van der Waals surface area contributed by atoms with E-state index in [9.17, 15) is 5.11 Å². The molecule has 1 saturated heterocycles. The van der Waals surface area contributed by atoms with Gasteiger partial charge in [0.25, 0.3) is 0 Å². The molecule has 0 saturated carbocycles. The molecule has 2 unspecified atom stereocenters. The van der Waals surface area contributed by atoms with Crippen molar-refractivity contribution in [1.82, 2.24) is 0 Å². The number of hydrogen-bond acceptors (Lipinski definition) is 2. The summed E-state index contributed by atoms with van der Waals surface area (Å²) in [7, 11) is 0. The van der Waals surface area contributed by atoms with Crippen LogP contribution in [0.1, 0.15) is 55.7 Å². The van der Waals surface area contributed by atoms with Gasteiger partial charge in [-0.1, -0.05) is 29.3 Å². The maximum absolute atomic E-state index is 10.7. The van der Waals surface area contributed by atoms with E-state index in [4.69, 9.17) is 4.74 Å². The van der Waals surface area contributed by atoms with E-state index >= 15 is 0 Å². The first kappa shape index (κ1) is 14.5. The molecule has 0 radical (unpaired) electrons. The van der Waals surface area contributed by atoms with Gasteiger partial charge in [0.2, 0.25) is 0 Å². The third-order valence-electron chi connectivity index (χ3n) is 4.06. The SMILES string of the molecule is Cc1cc(C)cc(C(C)(O)CCCC2CCCO2)c1. The van der Waals surface area contributed by atoms with E-state index < -0.39 is 5.60 Å². The fourth-order valence-corrected chi connectivity index (χ4v) is 2.98. The molecule has 2 heteroatoms. The molecule has 0 aliphatic carbocycles. The van der Waals surface area contributed by atoms with Gasteiger partial charge in [-0.15, -0.1) is 0 Å². The van der Waals surface area contributed by atoms with Crippen LogP contribution in [0.25, 0.3) is 0 Å². The first-order valence-corrected chi connectivity index (χ1v) is 7.40. The average Bonchev–Trinajstić information content (AvgIpc) is 2.80. The van der Waals surface area contributed by atoms with Crippen molar-refractivity contribution in [2.45, 2.75) is 64.6 Å². The average molecular weight is 262 g/mol. The van der Waals surface area contributed by atoms with E-state index in [1.54, 1.807) is 0 Å². The van der Waals surface area contributed by atoms with E-state index in [-0.39, 0.29) is 0 Å². The van der Waals surface area contributed by atoms with Crippen LogP contribution in [-0.4, -0.2) is 17.8 Å². The van der Waals surface area contributed by atoms with Gasteiger partial charge in [-0.3, -0.25) is 0 Å². The Balaban J connectivity index is 1.92. The minimum absolute atomic E-state index is 0.426. The summed E-state index contributed by atoms with van der Waals surface area (Å²) in [5, 5.41) is 10.7. The van der Waals surface area contributed by atoms with Crippen molar-refractivity contribution in [3.05, 3.63) is 34.9 Å². The topological polar surface area (TPSA) is 29.5 Å². The highest BCUT2D eigenvalue weighted by Crippen LogP contribution is 2.29. The monoisotopic (exact) mass is 262 g/mol. The number of ether oxygens (including phenoxy) is 1. The fourth-order valence-electron chi connectivity index (χ4n) is 2.98. The summed E-state index contributed by atoms with van der Waals surface area (Å²) in [6.07, 6.45) is 5.70. The summed E-state index contributed by atoms with van der Waals surface area (Å²) in [6, 6.07) is 6.34. The molecule has 1 aromatic rings. The molecule has 1 aromatic carbocycles. The van der Waals surface area contributed by atoms with Crippen molar-refractivity contribution in [3.63, 3.8) is 0 Å². The Hall–Kier alpha value is -0.860. The number of hydrogen-bond donors (Lipinski definition) is 1. The second kappa shape index (κ2) is 6.06. The van der Waals surface area contributed by atoms with Crippen LogP contribution < -0.4 is 0 Å². The van der Waals surface area contributed by atoms with Gasteiger partial charge in [-0.25, -0.2) is 0 Å². The second-order valence-corrected chi connectivity index (χ2v) is 6.18. The van der Waals surface area contributed by atoms with Crippen LogP contribution in [0, 0.1) is 13.8 Å². The molecule has 0 spiro atoms. The first-order chi connectivity index (χ1) is 8.97. The normalized spacial score (nSPS) is 22.4. The predicted molar refractivity (Wildman–Crippen MR) is 78.3 cm³/mol. The van der Waals surface area contributed by atoms with Crippen LogP contribution in [0.3, 0.4) is 0 Å². The van der Waals surface area contributed by atoms with Gasteiger partial charge in [-0.2, -0.15) is 0 Å². The molecule has 19 heavy (non-hydrogen) atoms. The van der Waals surface area contributed by atoms with Gasteiger partial charge < -0.3 is 9.84 Å². The van der Waals surface area contributed by atoms with E-state index in [1.165, 1.54) is 24.0 Å². The highest BCUT2D eigenvalue weighted by Gasteiger charge is 2.24. The zero-order valence-corrected chi connectivity index (χ0v) is 12.4. The third kappa shape index (κ3) is 4.05.